The number of esters is 1. The second-order valence-electron chi connectivity index (χ2n) is 13.5. The van der Waals surface area contributed by atoms with E-state index in [9.17, 15) is 35.4 Å². The Morgan fingerprint density at radius 2 is 1.79 bits per heavy atom. The molecule has 6 rings (SSSR count). The van der Waals surface area contributed by atoms with Gasteiger partial charge in [-0.3, -0.25) is 0 Å². The molecule has 0 aromatic rings. The van der Waals surface area contributed by atoms with Gasteiger partial charge in [-0.15, -0.1) is 0 Å². The Morgan fingerprint density at radius 1 is 1.03 bits per heavy atom. The first kappa shape index (κ1) is 28.0. The molecule has 10 nitrogen and oxygen atoms in total. The highest BCUT2D eigenvalue weighted by molar-refractivity contribution is 5.85. The van der Waals surface area contributed by atoms with Gasteiger partial charge >= 0.3 is 5.97 Å². The molecule has 4 saturated carbocycles. The van der Waals surface area contributed by atoms with Crippen LogP contribution in [0.1, 0.15) is 65.2 Å². The number of hydrogen-bond donors (Lipinski definition) is 6. The molecule has 10 heteroatoms. The van der Waals surface area contributed by atoms with Gasteiger partial charge in [-0.1, -0.05) is 6.92 Å². The molecule has 0 aromatic heterocycles. The second kappa shape index (κ2) is 9.73. The van der Waals surface area contributed by atoms with Crippen LogP contribution in [0.2, 0.25) is 0 Å². The second-order valence-corrected chi connectivity index (χ2v) is 13.5. The molecule has 14 atom stereocenters. The van der Waals surface area contributed by atoms with Gasteiger partial charge in [0, 0.05) is 30.4 Å². The van der Waals surface area contributed by atoms with Gasteiger partial charge in [0.25, 0.3) is 0 Å². The lowest BCUT2D eigenvalue weighted by atomic mass is 9.43. The normalized spacial score (nSPS) is 55.3. The van der Waals surface area contributed by atoms with E-state index < -0.39 is 53.8 Å². The van der Waals surface area contributed by atoms with Crippen LogP contribution in [0.5, 0.6) is 0 Å². The van der Waals surface area contributed by atoms with Gasteiger partial charge in [-0.25, -0.2) is 4.79 Å². The lowest BCUT2D eigenvalue weighted by Crippen LogP contribution is -2.64. The summed E-state index contributed by atoms with van der Waals surface area (Å²) in [7, 11) is 0. The highest BCUT2D eigenvalue weighted by atomic mass is 16.7. The van der Waals surface area contributed by atoms with Crippen molar-refractivity contribution >= 4 is 5.97 Å². The van der Waals surface area contributed by atoms with E-state index >= 15 is 0 Å². The summed E-state index contributed by atoms with van der Waals surface area (Å²) in [5.74, 6) is -0.545. The van der Waals surface area contributed by atoms with Crippen molar-refractivity contribution < 1.29 is 49.6 Å². The molecule has 0 aromatic carbocycles. The highest BCUT2D eigenvalue weighted by Crippen LogP contribution is 2.70. The average molecular weight is 553 g/mol. The predicted molar refractivity (Wildman–Crippen MR) is 136 cm³/mol. The Kier molecular flexibility index (Phi) is 6.99. The topological polar surface area (TPSA) is 166 Å². The van der Waals surface area contributed by atoms with E-state index in [0.29, 0.717) is 25.7 Å². The summed E-state index contributed by atoms with van der Waals surface area (Å²) >= 11 is 0. The van der Waals surface area contributed by atoms with Crippen LogP contribution in [-0.4, -0.2) is 98.3 Å². The maximum Gasteiger partial charge on any atom is 0.331 e. The summed E-state index contributed by atoms with van der Waals surface area (Å²) < 4.78 is 17.0. The molecule has 39 heavy (non-hydrogen) atoms. The zero-order chi connectivity index (χ0) is 27.9. The molecular weight excluding hydrogens is 508 g/mol. The van der Waals surface area contributed by atoms with Crippen molar-refractivity contribution in [3.05, 3.63) is 11.6 Å². The van der Waals surface area contributed by atoms with Crippen molar-refractivity contribution in [3.63, 3.8) is 0 Å². The van der Waals surface area contributed by atoms with Crippen LogP contribution in [0.4, 0.5) is 0 Å². The lowest BCUT2D eigenvalue weighted by molar-refractivity contribution is -0.311. The van der Waals surface area contributed by atoms with Gasteiger partial charge in [0.05, 0.1) is 23.9 Å². The summed E-state index contributed by atoms with van der Waals surface area (Å²) in [6, 6.07) is 0. The molecule has 6 aliphatic rings. The third-order valence-electron chi connectivity index (χ3n) is 12.0. The quantitative estimate of drug-likeness (QED) is 0.212. The minimum absolute atomic E-state index is 0.0162. The fraction of sp³-hybridized carbons (Fsp3) is 0.897. The number of cyclic esters (lactones) is 1. The van der Waals surface area contributed by atoms with Crippen molar-refractivity contribution in [1.29, 1.82) is 0 Å². The number of rotatable bonds is 4. The minimum atomic E-state index is -1.35. The van der Waals surface area contributed by atoms with Crippen LogP contribution in [-0.2, 0) is 19.0 Å². The molecule has 0 radical (unpaired) electrons. The van der Waals surface area contributed by atoms with E-state index in [1.165, 1.54) is 6.08 Å². The Labute approximate surface area is 229 Å². The Morgan fingerprint density at radius 3 is 2.49 bits per heavy atom. The predicted octanol–water partition coefficient (Wildman–Crippen LogP) is 0.399. The number of carbonyl (C=O) groups excluding carboxylic acids is 1. The van der Waals surface area contributed by atoms with Gasteiger partial charge in [-0.05, 0) is 80.6 Å². The van der Waals surface area contributed by atoms with Gasteiger partial charge < -0.3 is 44.8 Å². The van der Waals surface area contributed by atoms with Crippen LogP contribution in [0, 0.1) is 34.5 Å². The van der Waals surface area contributed by atoms with Crippen LogP contribution < -0.4 is 0 Å². The number of carbonyl (C=O) groups is 1. The number of ether oxygens (including phenoxy) is 3. The fourth-order valence-electron chi connectivity index (χ4n) is 10.00. The molecular formula is C29H44O10. The monoisotopic (exact) mass is 552 g/mol. The highest BCUT2D eigenvalue weighted by Gasteiger charge is 2.70. The number of fused-ring (bicyclic) bond motifs is 5. The van der Waals surface area contributed by atoms with E-state index in [4.69, 9.17) is 14.2 Å². The SMILES string of the molecule is CC1OC(OC2CCC3(CO)C(CCC4C3CCC3(C)C(C5=CC(=O)OC5)C(O)CC43O)C2)C(O)C(O)C1O. The zero-order valence-corrected chi connectivity index (χ0v) is 22.8. The summed E-state index contributed by atoms with van der Waals surface area (Å²) in [6.07, 6.45) is 0.290. The van der Waals surface area contributed by atoms with Gasteiger partial charge in [0.1, 0.15) is 24.9 Å². The van der Waals surface area contributed by atoms with Gasteiger partial charge in [0.15, 0.2) is 6.29 Å². The third kappa shape index (κ3) is 4.00. The first-order valence-electron chi connectivity index (χ1n) is 14.7. The molecule has 0 spiro atoms. The summed E-state index contributed by atoms with van der Waals surface area (Å²) in [5, 5.41) is 65.1. The first-order chi connectivity index (χ1) is 18.4. The molecule has 4 aliphatic carbocycles. The van der Waals surface area contributed by atoms with E-state index in [0.717, 1.165) is 24.8 Å². The van der Waals surface area contributed by atoms with Crippen molar-refractivity contribution in [2.75, 3.05) is 13.2 Å². The van der Waals surface area contributed by atoms with Crippen molar-refractivity contribution in [3.8, 4) is 0 Å². The molecule has 220 valence electrons. The lowest BCUT2D eigenvalue weighted by Gasteiger charge is -2.64. The zero-order valence-electron chi connectivity index (χ0n) is 22.8. The molecule has 2 aliphatic heterocycles. The molecule has 1 saturated heterocycles. The van der Waals surface area contributed by atoms with Crippen LogP contribution in [0.15, 0.2) is 11.6 Å². The maximum absolute atomic E-state index is 12.4. The van der Waals surface area contributed by atoms with E-state index in [1.54, 1.807) is 6.92 Å². The van der Waals surface area contributed by atoms with Gasteiger partial charge in [0.2, 0.25) is 0 Å². The summed E-state index contributed by atoms with van der Waals surface area (Å²) in [5.41, 5.74) is -1.30. The minimum Gasteiger partial charge on any atom is -0.458 e. The summed E-state index contributed by atoms with van der Waals surface area (Å²) in [6.45, 7) is 3.87. The van der Waals surface area contributed by atoms with E-state index in [1.807, 2.05) is 0 Å². The molecule has 14 unspecified atom stereocenters. The molecule has 0 amide bonds. The fourth-order valence-corrected chi connectivity index (χ4v) is 10.00. The van der Waals surface area contributed by atoms with Crippen LogP contribution in [0.3, 0.4) is 0 Å². The van der Waals surface area contributed by atoms with Crippen LogP contribution >= 0.6 is 0 Å². The standard InChI is InChI=1S/C29H44O10/c1-14-23(33)24(34)25(35)26(38-14)39-17-5-8-28(13-30)16(10-17)3-4-19-18(28)6-7-27(2)22(15-9-21(32)37-12-15)20(31)11-29(19,27)36/h9,14,16-20,22-26,30-31,33-36H,3-8,10-13H2,1-2H3. The van der Waals surface area contributed by atoms with Crippen molar-refractivity contribution in [2.45, 2.75) is 114 Å². The third-order valence-corrected chi connectivity index (χ3v) is 12.0. The molecule has 6 N–H and O–H groups in total. The number of aliphatic hydroxyl groups is 6. The van der Waals surface area contributed by atoms with E-state index in [-0.39, 0.29) is 54.8 Å². The smallest absolute Gasteiger partial charge is 0.331 e. The van der Waals surface area contributed by atoms with Crippen molar-refractivity contribution in [1.82, 2.24) is 0 Å². The number of hydrogen-bond acceptors (Lipinski definition) is 10. The Hall–Kier alpha value is -1.11. The Bertz CT molecular complexity index is 1000. The Balaban J connectivity index is 1.20. The largest absolute Gasteiger partial charge is 0.458 e. The molecule has 2 heterocycles. The average Bonchev–Trinajstić information content (AvgIpc) is 3.41. The molecule has 5 fully saturated rings. The molecule has 0 bridgehead atoms. The van der Waals surface area contributed by atoms with Crippen LogP contribution in [0.25, 0.3) is 0 Å². The van der Waals surface area contributed by atoms with Crippen molar-refractivity contribution in [2.24, 2.45) is 34.5 Å². The first-order valence-corrected chi connectivity index (χ1v) is 14.7. The number of aliphatic hydroxyl groups excluding tert-OH is 5. The maximum atomic E-state index is 12.4. The summed E-state index contributed by atoms with van der Waals surface area (Å²) in [4.78, 5) is 11.8. The van der Waals surface area contributed by atoms with E-state index in [2.05, 4.69) is 6.92 Å². The van der Waals surface area contributed by atoms with Gasteiger partial charge in [-0.2, -0.15) is 0 Å².